The maximum absolute atomic E-state index is 13.3. The highest BCUT2D eigenvalue weighted by Crippen LogP contribution is 2.50. The largest absolute Gasteiger partial charge is 0.342 e. The maximum atomic E-state index is 13.3. The second-order valence-electron chi connectivity index (χ2n) is 8.39. The molecule has 2 atom stereocenters. The van der Waals surface area contributed by atoms with Crippen LogP contribution in [0.2, 0.25) is 0 Å². The molecule has 6 heteroatoms. The fourth-order valence-electron chi connectivity index (χ4n) is 4.46. The van der Waals surface area contributed by atoms with Crippen LogP contribution < -0.4 is 0 Å². The standard InChI is InChI=1S/C19H28N4O2/c1-13(2)23-10-17(20-12-23)16-9-22(14(3)24)11-19(16)6-7-21(18(19)25)8-15-4-5-15/h10,12-13,15-16H,4-9,11H2,1-3H3/t16-,19-/m1/s1. The molecule has 2 amide bonds. The monoisotopic (exact) mass is 344 g/mol. The number of imidazole rings is 1. The van der Waals surface area contributed by atoms with Crippen molar-refractivity contribution in [1.82, 2.24) is 19.4 Å². The average Bonchev–Trinajstić information content (AvgIpc) is 2.99. The van der Waals surface area contributed by atoms with Crippen molar-refractivity contribution >= 4 is 11.8 Å². The van der Waals surface area contributed by atoms with Gasteiger partial charge < -0.3 is 14.4 Å². The van der Waals surface area contributed by atoms with Gasteiger partial charge in [0.1, 0.15) is 0 Å². The Morgan fingerprint density at radius 1 is 1.40 bits per heavy atom. The fraction of sp³-hybridized carbons (Fsp3) is 0.737. The van der Waals surface area contributed by atoms with E-state index in [1.54, 1.807) is 6.92 Å². The van der Waals surface area contributed by atoms with Crippen LogP contribution >= 0.6 is 0 Å². The van der Waals surface area contributed by atoms with Crippen LogP contribution in [0, 0.1) is 11.3 Å². The summed E-state index contributed by atoms with van der Waals surface area (Å²) < 4.78 is 2.08. The lowest BCUT2D eigenvalue weighted by atomic mass is 9.75. The Hall–Kier alpha value is -1.85. The molecule has 2 saturated heterocycles. The van der Waals surface area contributed by atoms with E-state index in [1.807, 2.05) is 16.1 Å². The minimum Gasteiger partial charge on any atom is -0.342 e. The van der Waals surface area contributed by atoms with Gasteiger partial charge in [-0.2, -0.15) is 0 Å². The van der Waals surface area contributed by atoms with Crippen LogP contribution in [-0.2, 0) is 9.59 Å². The highest BCUT2D eigenvalue weighted by atomic mass is 16.2. The minimum absolute atomic E-state index is 0.00750. The van der Waals surface area contributed by atoms with Crippen molar-refractivity contribution in [2.45, 2.75) is 52.0 Å². The molecule has 0 N–H and O–H groups in total. The zero-order valence-electron chi connectivity index (χ0n) is 15.4. The molecule has 1 spiro atoms. The Morgan fingerprint density at radius 3 is 2.76 bits per heavy atom. The number of hydrogen-bond donors (Lipinski definition) is 0. The van der Waals surface area contributed by atoms with E-state index in [-0.39, 0.29) is 17.7 Å². The summed E-state index contributed by atoms with van der Waals surface area (Å²) in [5.74, 6) is 1.00. The average molecular weight is 344 g/mol. The Balaban J connectivity index is 1.64. The molecule has 0 aromatic carbocycles. The molecule has 136 valence electrons. The number of hydrogen-bond acceptors (Lipinski definition) is 3. The molecule has 0 bridgehead atoms. The van der Waals surface area contributed by atoms with Crippen molar-refractivity contribution in [3.05, 3.63) is 18.2 Å². The molecule has 3 fully saturated rings. The van der Waals surface area contributed by atoms with Gasteiger partial charge in [0.05, 0.1) is 17.4 Å². The maximum Gasteiger partial charge on any atom is 0.231 e. The van der Waals surface area contributed by atoms with Gasteiger partial charge >= 0.3 is 0 Å². The molecule has 1 aromatic heterocycles. The summed E-state index contributed by atoms with van der Waals surface area (Å²) in [4.78, 5) is 33.9. The summed E-state index contributed by atoms with van der Waals surface area (Å²) in [5.41, 5.74) is 0.482. The molecular weight excluding hydrogens is 316 g/mol. The molecule has 6 nitrogen and oxygen atoms in total. The number of nitrogens with zero attached hydrogens (tertiary/aromatic N) is 4. The molecule has 2 aliphatic heterocycles. The van der Waals surface area contributed by atoms with Gasteiger partial charge in [-0.25, -0.2) is 4.98 Å². The predicted octanol–water partition coefficient (Wildman–Crippen LogP) is 2.04. The lowest BCUT2D eigenvalue weighted by molar-refractivity contribution is -0.136. The normalized spacial score (nSPS) is 29.4. The number of rotatable bonds is 4. The van der Waals surface area contributed by atoms with Gasteiger partial charge in [-0.15, -0.1) is 0 Å². The second-order valence-corrected chi connectivity index (χ2v) is 8.39. The molecule has 4 rings (SSSR count). The van der Waals surface area contributed by atoms with Crippen LogP contribution in [-0.4, -0.2) is 57.3 Å². The van der Waals surface area contributed by atoms with Crippen molar-refractivity contribution in [2.75, 3.05) is 26.2 Å². The summed E-state index contributed by atoms with van der Waals surface area (Å²) >= 11 is 0. The van der Waals surface area contributed by atoms with E-state index in [4.69, 9.17) is 0 Å². The first-order valence-electron chi connectivity index (χ1n) is 9.49. The molecule has 1 aliphatic carbocycles. The van der Waals surface area contributed by atoms with Crippen LogP contribution in [0.15, 0.2) is 12.5 Å². The summed E-state index contributed by atoms with van der Waals surface area (Å²) in [6.45, 7) is 8.71. The van der Waals surface area contributed by atoms with Gasteiger partial charge in [-0.1, -0.05) is 0 Å². The third-order valence-corrected chi connectivity index (χ3v) is 6.28. The van der Waals surface area contributed by atoms with E-state index >= 15 is 0 Å². The third-order valence-electron chi connectivity index (χ3n) is 6.28. The minimum atomic E-state index is -0.475. The summed E-state index contributed by atoms with van der Waals surface area (Å²) in [5, 5.41) is 0. The Kier molecular flexibility index (Phi) is 3.89. The van der Waals surface area contributed by atoms with E-state index in [0.717, 1.165) is 25.2 Å². The Labute approximate surface area is 149 Å². The second kappa shape index (κ2) is 5.85. The van der Waals surface area contributed by atoms with Crippen molar-refractivity contribution in [1.29, 1.82) is 0 Å². The number of carbonyl (C=O) groups excluding carboxylic acids is 2. The van der Waals surface area contributed by atoms with E-state index in [2.05, 4.69) is 29.6 Å². The van der Waals surface area contributed by atoms with E-state index in [0.29, 0.717) is 25.0 Å². The van der Waals surface area contributed by atoms with Crippen molar-refractivity contribution in [2.24, 2.45) is 11.3 Å². The predicted molar refractivity (Wildman–Crippen MR) is 94.0 cm³/mol. The lowest BCUT2D eigenvalue weighted by Gasteiger charge is -2.27. The first kappa shape index (κ1) is 16.6. The van der Waals surface area contributed by atoms with E-state index in [1.165, 1.54) is 12.8 Å². The van der Waals surface area contributed by atoms with Crippen LogP contribution in [0.4, 0.5) is 0 Å². The van der Waals surface area contributed by atoms with E-state index in [9.17, 15) is 9.59 Å². The SMILES string of the molecule is CC(=O)N1C[C@H](c2cn(C(C)C)cn2)[C@@]2(CCN(CC3CC3)C2=O)C1. The quantitative estimate of drug-likeness (QED) is 0.840. The summed E-state index contributed by atoms with van der Waals surface area (Å²) in [7, 11) is 0. The molecule has 0 unspecified atom stereocenters. The summed E-state index contributed by atoms with van der Waals surface area (Å²) in [6.07, 6.45) is 7.25. The first-order chi connectivity index (χ1) is 11.9. The zero-order valence-corrected chi connectivity index (χ0v) is 15.4. The van der Waals surface area contributed by atoms with Gasteiger partial charge in [0.25, 0.3) is 0 Å². The molecule has 1 saturated carbocycles. The van der Waals surface area contributed by atoms with Crippen LogP contribution in [0.1, 0.15) is 57.7 Å². The lowest BCUT2D eigenvalue weighted by Crippen LogP contribution is -2.40. The fourth-order valence-corrected chi connectivity index (χ4v) is 4.46. The number of likely N-dealkylation sites (tertiary alicyclic amines) is 2. The van der Waals surface area contributed by atoms with Gasteiger partial charge in [0.2, 0.25) is 11.8 Å². The van der Waals surface area contributed by atoms with Gasteiger partial charge in [0, 0.05) is 51.3 Å². The van der Waals surface area contributed by atoms with Gasteiger partial charge in [-0.05, 0) is 39.0 Å². The van der Waals surface area contributed by atoms with Crippen molar-refractivity contribution < 1.29 is 9.59 Å². The highest BCUT2D eigenvalue weighted by molar-refractivity contribution is 5.88. The molecule has 3 heterocycles. The smallest absolute Gasteiger partial charge is 0.231 e. The molecule has 25 heavy (non-hydrogen) atoms. The van der Waals surface area contributed by atoms with Gasteiger partial charge in [-0.3, -0.25) is 9.59 Å². The van der Waals surface area contributed by atoms with Crippen molar-refractivity contribution in [3.8, 4) is 0 Å². The van der Waals surface area contributed by atoms with Crippen LogP contribution in [0.3, 0.4) is 0 Å². The Morgan fingerprint density at radius 2 is 2.16 bits per heavy atom. The summed E-state index contributed by atoms with van der Waals surface area (Å²) in [6, 6.07) is 0.341. The molecule has 0 radical (unpaired) electrons. The molecule has 3 aliphatic rings. The number of carbonyl (C=O) groups is 2. The first-order valence-corrected chi connectivity index (χ1v) is 9.49. The molecule has 1 aromatic rings. The topological polar surface area (TPSA) is 58.4 Å². The number of aromatic nitrogens is 2. The van der Waals surface area contributed by atoms with E-state index < -0.39 is 5.41 Å². The number of amides is 2. The zero-order chi connectivity index (χ0) is 17.8. The third kappa shape index (κ3) is 2.75. The van der Waals surface area contributed by atoms with Crippen LogP contribution in [0.25, 0.3) is 0 Å². The Bertz CT molecular complexity index is 693. The van der Waals surface area contributed by atoms with Crippen LogP contribution in [0.5, 0.6) is 0 Å². The molecular formula is C19H28N4O2. The van der Waals surface area contributed by atoms with Gasteiger partial charge in [0.15, 0.2) is 0 Å². The highest BCUT2D eigenvalue weighted by Gasteiger charge is 2.58. The van der Waals surface area contributed by atoms with Crippen molar-refractivity contribution in [3.63, 3.8) is 0 Å².